The van der Waals surface area contributed by atoms with Crippen LogP contribution in [0.2, 0.25) is 10.3 Å². The fourth-order valence-corrected chi connectivity index (χ4v) is 2.25. The molecule has 1 N–H and O–H groups in total. The Morgan fingerprint density at radius 2 is 1.88 bits per heavy atom. The van der Waals surface area contributed by atoms with Gasteiger partial charge in [-0.05, 0) is 23.7 Å². The van der Waals surface area contributed by atoms with Gasteiger partial charge in [0.05, 0.1) is 5.56 Å². The summed E-state index contributed by atoms with van der Waals surface area (Å²) in [5, 5.41) is 0.341. The number of hydrogen-bond acceptors (Lipinski definition) is 3. The van der Waals surface area contributed by atoms with Gasteiger partial charge in [-0.3, -0.25) is 14.6 Å². The first-order chi connectivity index (χ1) is 8.08. The molecule has 17 heavy (non-hydrogen) atoms. The van der Waals surface area contributed by atoms with E-state index in [2.05, 4.69) is 9.97 Å². The van der Waals surface area contributed by atoms with Crippen LogP contribution in [0.15, 0.2) is 23.0 Å². The SMILES string of the molecule is O=C1c2cc(Cl)ccc2-c2c1nc(Cl)[nH]c2=O. The number of H-pyrrole nitrogens is 1. The summed E-state index contributed by atoms with van der Waals surface area (Å²) in [4.78, 5) is 30.0. The molecule has 0 fully saturated rings. The highest BCUT2D eigenvalue weighted by atomic mass is 35.5. The molecule has 0 saturated carbocycles. The van der Waals surface area contributed by atoms with Gasteiger partial charge in [-0.2, -0.15) is 0 Å². The van der Waals surface area contributed by atoms with E-state index in [-0.39, 0.29) is 22.3 Å². The summed E-state index contributed by atoms with van der Waals surface area (Å²) in [6.07, 6.45) is 0. The van der Waals surface area contributed by atoms with Crippen molar-refractivity contribution in [3.05, 3.63) is 50.1 Å². The fraction of sp³-hybridized carbons (Fsp3) is 0. The fourth-order valence-electron chi connectivity index (χ4n) is 1.91. The molecule has 84 valence electrons. The van der Waals surface area contributed by atoms with Gasteiger partial charge >= 0.3 is 0 Å². The first-order valence-electron chi connectivity index (χ1n) is 4.72. The second kappa shape index (κ2) is 3.42. The Kier molecular flexibility index (Phi) is 2.11. The molecule has 0 bridgehead atoms. The maximum absolute atomic E-state index is 12.0. The van der Waals surface area contributed by atoms with Crippen LogP contribution in [-0.4, -0.2) is 15.8 Å². The van der Waals surface area contributed by atoms with E-state index in [9.17, 15) is 9.59 Å². The number of rotatable bonds is 0. The van der Waals surface area contributed by atoms with E-state index in [0.29, 0.717) is 16.1 Å². The van der Waals surface area contributed by atoms with Crippen LogP contribution >= 0.6 is 23.2 Å². The summed E-state index contributed by atoms with van der Waals surface area (Å²) >= 11 is 11.4. The second-order valence-corrected chi connectivity index (χ2v) is 4.39. The summed E-state index contributed by atoms with van der Waals surface area (Å²) in [5.74, 6) is -0.328. The summed E-state index contributed by atoms with van der Waals surface area (Å²) in [6.45, 7) is 0. The number of benzene rings is 1. The third kappa shape index (κ3) is 1.41. The zero-order valence-corrected chi connectivity index (χ0v) is 9.76. The van der Waals surface area contributed by atoms with Crippen molar-refractivity contribution in [1.82, 2.24) is 9.97 Å². The molecule has 0 saturated heterocycles. The molecule has 0 aliphatic heterocycles. The molecule has 1 aromatic heterocycles. The van der Waals surface area contributed by atoms with Crippen molar-refractivity contribution in [2.75, 3.05) is 0 Å². The van der Waals surface area contributed by atoms with Gasteiger partial charge < -0.3 is 0 Å². The molecule has 0 atom stereocenters. The summed E-state index contributed by atoms with van der Waals surface area (Å²) < 4.78 is 0. The minimum atomic E-state index is -0.422. The zero-order chi connectivity index (χ0) is 12.2. The van der Waals surface area contributed by atoms with Crippen LogP contribution in [0.5, 0.6) is 0 Å². The quantitative estimate of drug-likeness (QED) is 0.635. The number of carbonyl (C=O) groups is 1. The van der Waals surface area contributed by atoms with Crippen molar-refractivity contribution in [2.45, 2.75) is 0 Å². The third-order valence-electron chi connectivity index (χ3n) is 2.60. The Balaban J connectivity index is 2.44. The van der Waals surface area contributed by atoms with E-state index in [4.69, 9.17) is 23.2 Å². The molecule has 6 heteroatoms. The van der Waals surface area contributed by atoms with Crippen LogP contribution in [0.4, 0.5) is 0 Å². The van der Waals surface area contributed by atoms with Gasteiger partial charge in [0.1, 0.15) is 5.69 Å². The van der Waals surface area contributed by atoms with E-state index < -0.39 is 5.56 Å². The highest BCUT2D eigenvalue weighted by Crippen LogP contribution is 2.34. The normalized spacial score (nSPS) is 12.5. The number of aromatic amines is 1. The van der Waals surface area contributed by atoms with Crippen molar-refractivity contribution in [3.63, 3.8) is 0 Å². The van der Waals surface area contributed by atoms with E-state index in [1.165, 1.54) is 6.07 Å². The first kappa shape index (κ1) is 10.5. The number of nitrogens with one attached hydrogen (secondary N) is 1. The van der Waals surface area contributed by atoms with Crippen molar-refractivity contribution in [1.29, 1.82) is 0 Å². The highest BCUT2D eigenvalue weighted by molar-refractivity contribution is 6.32. The molecule has 1 heterocycles. The van der Waals surface area contributed by atoms with Crippen molar-refractivity contribution < 1.29 is 4.79 Å². The Morgan fingerprint density at radius 1 is 1.12 bits per heavy atom. The van der Waals surface area contributed by atoms with Crippen LogP contribution in [0.25, 0.3) is 11.1 Å². The number of nitrogens with zero attached hydrogens (tertiary/aromatic N) is 1. The predicted octanol–water partition coefficient (Wildman–Crippen LogP) is 2.29. The van der Waals surface area contributed by atoms with Crippen molar-refractivity contribution in [3.8, 4) is 11.1 Å². The summed E-state index contributed by atoms with van der Waals surface area (Å²) in [6, 6.07) is 4.78. The molecular weight excluding hydrogens is 263 g/mol. The number of ketones is 1. The number of aromatic nitrogens is 2. The van der Waals surface area contributed by atoms with Crippen molar-refractivity contribution in [2.24, 2.45) is 0 Å². The largest absolute Gasteiger partial charge is 0.297 e. The average Bonchev–Trinajstić information content (AvgIpc) is 2.53. The zero-order valence-electron chi connectivity index (χ0n) is 8.25. The lowest BCUT2D eigenvalue weighted by atomic mass is 10.1. The molecule has 0 spiro atoms. The van der Waals surface area contributed by atoms with Gasteiger partial charge in [0.2, 0.25) is 11.1 Å². The number of carbonyl (C=O) groups excluding carboxylic acids is 1. The van der Waals surface area contributed by atoms with Crippen LogP contribution in [0.1, 0.15) is 16.1 Å². The smallest absolute Gasteiger partial charge is 0.260 e. The van der Waals surface area contributed by atoms with Gasteiger partial charge in [-0.25, -0.2) is 4.98 Å². The Labute approximate surface area is 105 Å². The molecule has 3 rings (SSSR count). The molecule has 1 aliphatic carbocycles. The lowest BCUT2D eigenvalue weighted by Crippen LogP contribution is -2.12. The van der Waals surface area contributed by atoms with E-state index >= 15 is 0 Å². The average molecular weight is 267 g/mol. The number of hydrogen-bond donors (Lipinski definition) is 1. The first-order valence-corrected chi connectivity index (χ1v) is 5.48. The molecule has 0 unspecified atom stereocenters. The minimum Gasteiger partial charge on any atom is -0.297 e. The highest BCUT2D eigenvalue weighted by Gasteiger charge is 2.31. The topological polar surface area (TPSA) is 62.8 Å². The summed E-state index contributed by atoms with van der Waals surface area (Å²) in [7, 11) is 0. The molecule has 0 amide bonds. The molecule has 4 nitrogen and oxygen atoms in total. The Hall–Kier alpha value is -1.65. The second-order valence-electron chi connectivity index (χ2n) is 3.60. The minimum absolute atomic E-state index is 0.0796. The Morgan fingerprint density at radius 3 is 2.65 bits per heavy atom. The predicted molar refractivity (Wildman–Crippen MR) is 63.7 cm³/mol. The molecular formula is C11H4Cl2N2O2. The number of halogens is 2. The maximum Gasteiger partial charge on any atom is 0.260 e. The van der Waals surface area contributed by atoms with Gasteiger partial charge in [0, 0.05) is 16.1 Å². The molecule has 2 aromatic rings. The Bertz CT molecular complexity index is 722. The maximum atomic E-state index is 12.0. The lowest BCUT2D eigenvalue weighted by Gasteiger charge is -1.98. The molecule has 1 aliphatic rings. The lowest BCUT2D eigenvalue weighted by molar-refractivity contribution is 0.103. The molecule has 0 radical (unpaired) electrons. The summed E-state index contributed by atoms with van der Waals surface area (Å²) in [5.41, 5.74) is 0.837. The van der Waals surface area contributed by atoms with E-state index in [1.54, 1.807) is 12.1 Å². The van der Waals surface area contributed by atoms with Crippen LogP contribution in [-0.2, 0) is 0 Å². The van der Waals surface area contributed by atoms with Gasteiger partial charge in [-0.1, -0.05) is 17.7 Å². The van der Waals surface area contributed by atoms with E-state index in [0.717, 1.165) is 0 Å². The van der Waals surface area contributed by atoms with Crippen molar-refractivity contribution >= 4 is 29.0 Å². The van der Waals surface area contributed by atoms with Gasteiger partial charge in [0.25, 0.3) is 5.56 Å². The van der Waals surface area contributed by atoms with E-state index in [1.807, 2.05) is 0 Å². The number of fused-ring (bicyclic) bond motifs is 3. The van der Waals surface area contributed by atoms with Crippen LogP contribution < -0.4 is 5.56 Å². The monoisotopic (exact) mass is 266 g/mol. The van der Waals surface area contributed by atoms with Crippen LogP contribution in [0.3, 0.4) is 0 Å². The van der Waals surface area contributed by atoms with Gasteiger partial charge in [-0.15, -0.1) is 0 Å². The van der Waals surface area contributed by atoms with Gasteiger partial charge in [0.15, 0.2) is 0 Å². The molecule has 1 aromatic carbocycles. The standard InChI is InChI=1S/C11H4Cl2N2O2/c12-4-1-2-5-6(3-4)9(16)8-7(5)10(17)15-11(13)14-8/h1-3H,(H,14,15,17). The van der Waals surface area contributed by atoms with Crippen LogP contribution in [0, 0.1) is 0 Å². The third-order valence-corrected chi connectivity index (χ3v) is 3.02.